The van der Waals surface area contributed by atoms with E-state index in [4.69, 9.17) is 0 Å². The molecule has 6 aromatic rings. The first-order valence-corrected chi connectivity index (χ1v) is 16.4. The molecule has 0 radical (unpaired) electrons. The number of amides is 1. The molecule has 8 nitrogen and oxygen atoms in total. The molecule has 1 unspecified atom stereocenters. The fourth-order valence-corrected chi connectivity index (χ4v) is 7.90. The Morgan fingerprint density at radius 2 is 1.80 bits per heavy atom. The first-order valence-electron chi connectivity index (χ1n) is 13.8. The number of aliphatic hydroxyl groups is 1. The highest BCUT2D eigenvalue weighted by Crippen LogP contribution is 2.45. The van der Waals surface area contributed by atoms with Crippen LogP contribution in [0.2, 0.25) is 0 Å². The van der Waals surface area contributed by atoms with Crippen molar-refractivity contribution in [3.8, 4) is 0 Å². The average Bonchev–Trinajstić information content (AvgIpc) is 3.71. The lowest BCUT2D eigenvalue weighted by Crippen LogP contribution is -2.29. The summed E-state index contributed by atoms with van der Waals surface area (Å²) in [5.41, 5.74) is 4.25. The molecule has 4 heterocycles. The number of aryl methyl sites for hydroxylation is 2. The van der Waals surface area contributed by atoms with Crippen LogP contribution in [-0.4, -0.2) is 36.4 Å². The third-order valence-electron chi connectivity index (χ3n) is 7.75. The topological polar surface area (TPSA) is 101 Å². The van der Waals surface area contributed by atoms with E-state index in [1.807, 2.05) is 79.0 Å². The highest BCUT2D eigenvalue weighted by Gasteiger charge is 2.49. The van der Waals surface area contributed by atoms with Gasteiger partial charge in [0.2, 0.25) is 5.13 Å². The predicted octanol–water partition coefficient (Wildman–Crippen LogP) is 7.64. The zero-order valence-electron chi connectivity index (χ0n) is 23.6. The lowest BCUT2D eigenvalue weighted by atomic mass is 9.96. The van der Waals surface area contributed by atoms with Crippen LogP contribution in [0.4, 0.5) is 5.13 Å². The summed E-state index contributed by atoms with van der Waals surface area (Å²) in [6.07, 6.45) is 1.85. The molecule has 0 spiro atoms. The van der Waals surface area contributed by atoms with Crippen molar-refractivity contribution >= 4 is 78.0 Å². The van der Waals surface area contributed by atoms with Crippen molar-refractivity contribution in [3.63, 3.8) is 0 Å². The molecule has 1 saturated heterocycles. The van der Waals surface area contributed by atoms with E-state index in [2.05, 4.69) is 55.4 Å². The Hall–Kier alpha value is -4.32. The molecular formula is C33H24BrN5O3S2. The maximum absolute atomic E-state index is 13.7. The van der Waals surface area contributed by atoms with Crippen LogP contribution < -0.4 is 4.90 Å². The number of fused-ring (bicyclic) bond motifs is 2. The van der Waals surface area contributed by atoms with E-state index in [0.717, 1.165) is 21.0 Å². The van der Waals surface area contributed by atoms with Crippen molar-refractivity contribution in [2.24, 2.45) is 0 Å². The summed E-state index contributed by atoms with van der Waals surface area (Å²) in [6, 6.07) is 24.7. The van der Waals surface area contributed by atoms with Gasteiger partial charge in [0, 0.05) is 16.4 Å². The van der Waals surface area contributed by atoms with Gasteiger partial charge >= 0.3 is 5.91 Å². The molecule has 1 aliphatic heterocycles. The number of imidazole rings is 1. The number of rotatable bonds is 6. The number of nitrogens with zero attached hydrogens (tertiary/aromatic N) is 5. The van der Waals surface area contributed by atoms with Crippen LogP contribution in [-0.2, 0) is 15.3 Å². The van der Waals surface area contributed by atoms with E-state index in [0.29, 0.717) is 27.0 Å². The number of carbonyl (C=O) groups is 2. The highest BCUT2D eigenvalue weighted by molar-refractivity contribution is 9.10. The van der Waals surface area contributed by atoms with Gasteiger partial charge in [0.05, 0.1) is 17.3 Å². The zero-order chi connectivity index (χ0) is 30.5. The summed E-state index contributed by atoms with van der Waals surface area (Å²) in [6.45, 7) is 3.75. The smallest absolute Gasteiger partial charge is 0.301 e. The van der Waals surface area contributed by atoms with Gasteiger partial charge < -0.3 is 9.51 Å². The third kappa shape index (κ3) is 4.81. The molecule has 1 amide bonds. The van der Waals surface area contributed by atoms with Gasteiger partial charge in [0.25, 0.3) is 5.78 Å². The second-order valence-electron chi connectivity index (χ2n) is 10.4. The first kappa shape index (κ1) is 28.5. The summed E-state index contributed by atoms with van der Waals surface area (Å²) >= 11 is 6.27. The van der Waals surface area contributed by atoms with Crippen LogP contribution in [0.1, 0.15) is 34.1 Å². The number of Topliss-reactive ketones (excluding diaryl/α,β-unsaturated/α-hetero) is 1. The van der Waals surface area contributed by atoms with Crippen LogP contribution in [0, 0.1) is 13.8 Å². The molecule has 3 aromatic heterocycles. The lowest BCUT2D eigenvalue weighted by Gasteiger charge is -2.22. The standard InChI is InChI=1S/C33H24BrN5O3S2/c1-18-8-7-15-38-19(2)26(35-30(18)38)28(40)25-27(21-11-6-13-23(34)16-21)39(31(42)29(25)41)32-36-37-33(44-32)43-17-22-12-5-10-20-9-3-4-14-24(20)22/h3-16,27,40H,17H2,1-2H3. The van der Waals surface area contributed by atoms with Gasteiger partial charge in [-0.05, 0) is 59.5 Å². The number of benzene rings is 3. The normalized spacial score (nSPS) is 16.4. The van der Waals surface area contributed by atoms with E-state index in [9.17, 15) is 14.7 Å². The van der Waals surface area contributed by atoms with Crippen LogP contribution in [0.5, 0.6) is 0 Å². The zero-order valence-corrected chi connectivity index (χ0v) is 26.8. The second-order valence-corrected chi connectivity index (χ2v) is 13.5. The van der Waals surface area contributed by atoms with Gasteiger partial charge in [-0.2, -0.15) is 0 Å². The van der Waals surface area contributed by atoms with Crippen molar-refractivity contribution in [2.75, 3.05) is 4.90 Å². The van der Waals surface area contributed by atoms with Crippen molar-refractivity contribution in [3.05, 3.63) is 123 Å². The lowest BCUT2D eigenvalue weighted by molar-refractivity contribution is -0.132. The molecule has 0 saturated carbocycles. The SMILES string of the molecule is Cc1cccn2c(C)c(C(O)=C3C(=O)C(=O)N(c4nnc(SCc5cccc6ccccc56)s4)C3c3cccc(Br)c3)nc12. The number of pyridine rings is 1. The van der Waals surface area contributed by atoms with E-state index >= 15 is 0 Å². The van der Waals surface area contributed by atoms with Gasteiger partial charge in [0.1, 0.15) is 11.3 Å². The van der Waals surface area contributed by atoms with Crippen LogP contribution in [0.3, 0.4) is 0 Å². The number of hydrogen-bond acceptors (Lipinski definition) is 8. The third-order valence-corrected chi connectivity index (χ3v) is 10.3. The molecule has 0 aliphatic carbocycles. The molecule has 1 fully saturated rings. The van der Waals surface area contributed by atoms with Gasteiger partial charge in [-0.1, -0.05) is 99.7 Å². The Morgan fingerprint density at radius 3 is 2.61 bits per heavy atom. The largest absolute Gasteiger partial charge is 0.505 e. The quantitative estimate of drug-likeness (QED) is 0.0634. The van der Waals surface area contributed by atoms with Crippen molar-refractivity contribution < 1.29 is 14.7 Å². The molecular weight excluding hydrogens is 658 g/mol. The van der Waals surface area contributed by atoms with E-state index < -0.39 is 17.7 Å². The van der Waals surface area contributed by atoms with E-state index in [1.165, 1.54) is 33.4 Å². The highest BCUT2D eigenvalue weighted by atomic mass is 79.9. The summed E-state index contributed by atoms with van der Waals surface area (Å²) < 4.78 is 3.29. The van der Waals surface area contributed by atoms with Gasteiger partial charge in [0.15, 0.2) is 10.1 Å². The summed E-state index contributed by atoms with van der Waals surface area (Å²) in [5.74, 6) is -1.25. The van der Waals surface area contributed by atoms with Gasteiger partial charge in [-0.15, -0.1) is 10.2 Å². The fourth-order valence-electron chi connectivity index (χ4n) is 5.61. The molecule has 1 aliphatic rings. The molecule has 44 heavy (non-hydrogen) atoms. The predicted molar refractivity (Wildman–Crippen MR) is 177 cm³/mol. The average molecular weight is 683 g/mol. The maximum atomic E-state index is 13.7. The van der Waals surface area contributed by atoms with Gasteiger partial charge in [-0.3, -0.25) is 14.5 Å². The molecule has 218 valence electrons. The Labute approximate surface area is 269 Å². The minimum absolute atomic E-state index is 0.0441. The number of hydrogen-bond donors (Lipinski definition) is 1. The van der Waals surface area contributed by atoms with E-state index in [1.54, 1.807) is 0 Å². The molecule has 3 aromatic carbocycles. The number of anilines is 1. The summed E-state index contributed by atoms with van der Waals surface area (Å²) in [7, 11) is 0. The van der Waals surface area contributed by atoms with Crippen LogP contribution >= 0.6 is 39.0 Å². The molecule has 1 N–H and O–H groups in total. The van der Waals surface area contributed by atoms with Crippen molar-refractivity contribution in [1.82, 2.24) is 19.6 Å². The molecule has 7 rings (SSSR count). The number of aromatic nitrogens is 4. The maximum Gasteiger partial charge on any atom is 0.301 e. The molecule has 0 bridgehead atoms. The number of aliphatic hydroxyl groups excluding tert-OH is 1. The van der Waals surface area contributed by atoms with Crippen molar-refractivity contribution in [2.45, 2.75) is 30.0 Å². The monoisotopic (exact) mass is 681 g/mol. The van der Waals surface area contributed by atoms with Crippen LogP contribution in [0.25, 0.3) is 22.2 Å². The Kier molecular flexibility index (Phi) is 7.31. The minimum Gasteiger partial charge on any atom is -0.505 e. The Bertz CT molecular complexity index is 2150. The fraction of sp³-hybridized carbons (Fsp3) is 0.121. The molecule has 1 atom stereocenters. The Morgan fingerprint density at radius 1 is 1.00 bits per heavy atom. The van der Waals surface area contributed by atoms with E-state index in [-0.39, 0.29) is 22.2 Å². The summed E-state index contributed by atoms with van der Waals surface area (Å²) in [5, 5.41) is 23.0. The summed E-state index contributed by atoms with van der Waals surface area (Å²) in [4.78, 5) is 33.4. The molecule has 11 heteroatoms. The first-order chi connectivity index (χ1) is 21.3. The number of halogens is 1. The number of ketones is 1. The Balaban J connectivity index is 1.29. The minimum atomic E-state index is -0.929. The number of thioether (sulfide) groups is 1. The van der Waals surface area contributed by atoms with Crippen LogP contribution in [0.15, 0.2) is 99.4 Å². The van der Waals surface area contributed by atoms with Gasteiger partial charge in [-0.25, -0.2) is 4.98 Å². The number of carbonyl (C=O) groups excluding carboxylic acids is 2. The second kappa shape index (κ2) is 11.3. The van der Waals surface area contributed by atoms with Crippen molar-refractivity contribution in [1.29, 1.82) is 0 Å².